The number of amides is 1. The van der Waals surface area contributed by atoms with Gasteiger partial charge < -0.3 is 24.6 Å². The van der Waals surface area contributed by atoms with Gasteiger partial charge in [0.25, 0.3) is 5.91 Å². The minimum atomic E-state index is -0.232. The number of carbonyl (C=O) groups excluding carboxylic acids is 1. The van der Waals surface area contributed by atoms with Crippen LogP contribution in [0, 0.1) is 0 Å². The Morgan fingerprint density at radius 2 is 1.90 bits per heavy atom. The molecule has 2 aliphatic heterocycles. The van der Waals surface area contributed by atoms with Gasteiger partial charge in [-0.1, -0.05) is 31.2 Å². The second-order valence-electron chi connectivity index (χ2n) is 7.81. The van der Waals surface area contributed by atoms with Crippen molar-refractivity contribution in [1.82, 2.24) is 15.1 Å². The molecule has 7 heteroatoms. The summed E-state index contributed by atoms with van der Waals surface area (Å²) in [5, 5.41) is 3.41. The topological polar surface area (TPSA) is 66.4 Å². The van der Waals surface area contributed by atoms with Gasteiger partial charge in [-0.15, -0.1) is 0 Å². The number of nitrogens with zero attached hydrogens (tertiary/aromatic N) is 3. The zero-order valence-corrected chi connectivity index (χ0v) is 18.4. The Labute approximate surface area is 180 Å². The van der Waals surface area contributed by atoms with Crippen LogP contribution in [0.5, 0.6) is 0 Å². The summed E-state index contributed by atoms with van der Waals surface area (Å²) in [6.45, 7) is 10.7. The van der Waals surface area contributed by atoms with Gasteiger partial charge in [-0.25, -0.2) is 4.99 Å². The highest BCUT2D eigenvalue weighted by Gasteiger charge is 2.30. The van der Waals surface area contributed by atoms with E-state index in [0.29, 0.717) is 32.8 Å². The first-order valence-electron chi connectivity index (χ1n) is 11.3. The number of piperazine rings is 1. The Hall–Kier alpha value is -2.12. The van der Waals surface area contributed by atoms with Gasteiger partial charge in [0.2, 0.25) is 0 Å². The lowest BCUT2D eigenvalue weighted by Gasteiger charge is -2.37. The van der Waals surface area contributed by atoms with Crippen molar-refractivity contribution < 1.29 is 14.3 Å². The molecule has 1 atom stereocenters. The quantitative estimate of drug-likeness (QED) is 0.400. The van der Waals surface area contributed by atoms with E-state index in [1.54, 1.807) is 0 Å². The molecule has 166 valence electrons. The minimum Gasteiger partial charge on any atom is -0.377 e. The van der Waals surface area contributed by atoms with Crippen LogP contribution >= 0.6 is 0 Å². The molecule has 30 heavy (non-hydrogen) atoms. The van der Waals surface area contributed by atoms with Crippen LogP contribution in [-0.2, 0) is 27.4 Å². The fraction of sp³-hybridized carbons (Fsp3) is 0.652. The van der Waals surface area contributed by atoms with E-state index in [2.05, 4.69) is 42.3 Å². The predicted molar refractivity (Wildman–Crippen MR) is 118 cm³/mol. The molecule has 1 N–H and O–H groups in total. The smallest absolute Gasteiger partial charge is 0.251 e. The van der Waals surface area contributed by atoms with Crippen LogP contribution in [0.3, 0.4) is 0 Å². The summed E-state index contributed by atoms with van der Waals surface area (Å²) in [6, 6.07) is 8.34. The van der Waals surface area contributed by atoms with E-state index in [9.17, 15) is 4.79 Å². The minimum absolute atomic E-state index is 0.148. The molecular weight excluding hydrogens is 380 g/mol. The third-order valence-electron chi connectivity index (χ3n) is 5.55. The van der Waals surface area contributed by atoms with Gasteiger partial charge in [0, 0.05) is 45.9 Å². The van der Waals surface area contributed by atoms with Gasteiger partial charge in [-0.3, -0.25) is 4.79 Å². The largest absolute Gasteiger partial charge is 0.377 e. The lowest BCUT2D eigenvalue weighted by atomic mass is 10.1. The maximum Gasteiger partial charge on any atom is 0.251 e. The van der Waals surface area contributed by atoms with Gasteiger partial charge in [0.1, 0.15) is 6.10 Å². The Bertz CT molecular complexity index is 695. The number of carbonyl (C=O) groups is 1. The van der Waals surface area contributed by atoms with Crippen LogP contribution in [0.4, 0.5) is 0 Å². The lowest BCUT2D eigenvalue weighted by molar-refractivity contribution is -0.142. The molecule has 2 fully saturated rings. The molecular formula is C23H36N4O3. The second kappa shape index (κ2) is 11.9. The van der Waals surface area contributed by atoms with E-state index >= 15 is 0 Å². The molecule has 0 aliphatic carbocycles. The average Bonchev–Trinajstić information content (AvgIpc) is 3.32. The van der Waals surface area contributed by atoms with Crippen molar-refractivity contribution in [2.45, 2.75) is 52.4 Å². The monoisotopic (exact) mass is 416 g/mol. The summed E-state index contributed by atoms with van der Waals surface area (Å²) in [7, 11) is 0. The molecule has 0 aromatic heterocycles. The maximum absolute atomic E-state index is 12.6. The Morgan fingerprint density at radius 1 is 1.17 bits per heavy atom. The Morgan fingerprint density at radius 3 is 2.57 bits per heavy atom. The van der Waals surface area contributed by atoms with E-state index < -0.39 is 0 Å². The molecule has 7 nitrogen and oxygen atoms in total. The molecule has 0 bridgehead atoms. The SMILES string of the molecule is CCCOCc1ccccc1CN=C(NCC)N1CCN(C(=O)C2CCCO2)CC1. The molecule has 1 aromatic carbocycles. The first-order valence-corrected chi connectivity index (χ1v) is 11.3. The number of ether oxygens (including phenoxy) is 2. The predicted octanol–water partition coefficient (Wildman–Crippen LogP) is 2.40. The molecule has 1 amide bonds. The van der Waals surface area contributed by atoms with E-state index in [1.807, 2.05) is 11.0 Å². The molecule has 1 aromatic rings. The standard InChI is InChI=1S/C23H36N4O3/c1-3-15-29-18-20-9-6-5-8-19(20)17-25-23(24-4-2)27-13-11-26(12-14-27)22(28)21-10-7-16-30-21/h5-6,8-9,21H,3-4,7,10-18H2,1-2H3,(H,24,25). The third-order valence-corrected chi connectivity index (χ3v) is 5.55. The van der Waals surface area contributed by atoms with Gasteiger partial charge in [-0.05, 0) is 37.3 Å². The second-order valence-corrected chi connectivity index (χ2v) is 7.81. The highest BCUT2D eigenvalue weighted by atomic mass is 16.5. The van der Waals surface area contributed by atoms with Crippen LogP contribution in [0.15, 0.2) is 29.3 Å². The summed E-state index contributed by atoms with van der Waals surface area (Å²) < 4.78 is 11.3. The highest BCUT2D eigenvalue weighted by Crippen LogP contribution is 2.16. The summed E-state index contributed by atoms with van der Waals surface area (Å²) in [5.74, 6) is 1.06. The number of hydrogen-bond acceptors (Lipinski definition) is 4. The highest BCUT2D eigenvalue weighted by molar-refractivity contribution is 5.82. The Balaban J connectivity index is 1.58. The van der Waals surface area contributed by atoms with Gasteiger partial charge in [-0.2, -0.15) is 0 Å². The summed E-state index contributed by atoms with van der Waals surface area (Å²) in [6.07, 6.45) is 2.62. The van der Waals surface area contributed by atoms with E-state index in [4.69, 9.17) is 14.5 Å². The van der Waals surface area contributed by atoms with Gasteiger partial charge >= 0.3 is 0 Å². The van der Waals surface area contributed by atoms with Crippen molar-refractivity contribution >= 4 is 11.9 Å². The zero-order valence-electron chi connectivity index (χ0n) is 18.4. The molecule has 0 radical (unpaired) electrons. The number of guanidine groups is 1. The van der Waals surface area contributed by atoms with Crippen molar-refractivity contribution in [3.8, 4) is 0 Å². The van der Waals surface area contributed by atoms with E-state index in [0.717, 1.165) is 51.5 Å². The van der Waals surface area contributed by atoms with Crippen molar-refractivity contribution in [3.05, 3.63) is 35.4 Å². The van der Waals surface area contributed by atoms with Gasteiger partial charge in [0.15, 0.2) is 5.96 Å². The fourth-order valence-electron chi connectivity index (χ4n) is 3.88. The molecule has 2 heterocycles. The van der Waals surface area contributed by atoms with E-state index in [-0.39, 0.29) is 12.0 Å². The molecule has 2 aliphatic rings. The number of aliphatic imine (C=N–C) groups is 1. The molecule has 2 saturated heterocycles. The lowest BCUT2D eigenvalue weighted by Crippen LogP contribution is -2.55. The number of hydrogen-bond donors (Lipinski definition) is 1. The number of benzene rings is 1. The van der Waals surface area contributed by atoms with Gasteiger partial charge in [0.05, 0.1) is 13.2 Å². The van der Waals surface area contributed by atoms with Crippen molar-refractivity contribution in [2.24, 2.45) is 4.99 Å². The van der Waals surface area contributed by atoms with E-state index in [1.165, 1.54) is 11.1 Å². The number of nitrogens with one attached hydrogen (secondary N) is 1. The first kappa shape index (κ1) is 22.6. The molecule has 0 saturated carbocycles. The summed E-state index contributed by atoms with van der Waals surface area (Å²) in [4.78, 5) is 21.7. The molecule has 1 unspecified atom stereocenters. The van der Waals surface area contributed by atoms with Crippen LogP contribution in [0.25, 0.3) is 0 Å². The molecule has 0 spiro atoms. The maximum atomic E-state index is 12.6. The third kappa shape index (κ3) is 6.19. The van der Waals surface area contributed by atoms with Crippen molar-refractivity contribution in [3.63, 3.8) is 0 Å². The van der Waals surface area contributed by atoms with Crippen LogP contribution < -0.4 is 5.32 Å². The normalized spacial score (nSPS) is 19.9. The van der Waals surface area contributed by atoms with Crippen molar-refractivity contribution in [1.29, 1.82) is 0 Å². The Kier molecular flexibility index (Phi) is 8.96. The zero-order chi connectivity index (χ0) is 21.2. The fourth-order valence-corrected chi connectivity index (χ4v) is 3.88. The average molecular weight is 417 g/mol. The first-order chi connectivity index (χ1) is 14.7. The van der Waals surface area contributed by atoms with Crippen LogP contribution in [-0.4, -0.2) is 73.7 Å². The summed E-state index contributed by atoms with van der Waals surface area (Å²) in [5.41, 5.74) is 2.38. The number of rotatable bonds is 8. The van der Waals surface area contributed by atoms with Crippen LogP contribution in [0.1, 0.15) is 44.2 Å². The summed E-state index contributed by atoms with van der Waals surface area (Å²) >= 11 is 0. The van der Waals surface area contributed by atoms with Crippen molar-refractivity contribution in [2.75, 3.05) is 45.9 Å². The molecule has 3 rings (SSSR count). The van der Waals surface area contributed by atoms with Crippen LogP contribution in [0.2, 0.25) is 0 Å².